The van der Waals surface area contributed by atoms with Crippen LogP contribution in [-0.2, 0) is 13.6 Å². The standard InChI is InChI=1S/C29H52N5O6P/c1-2-3-4-5-6-7-8-9-10-11-12-13-14-15-16-17-18-39-41(37,38)40-21-24-23(20-35)19-25(24)34-22-31-26-27(34)32-29(30)33-28(26)36/h22-25,35H,2-21H2,1H3,(H,37,38)(H3,30,32,33,36). The smallest absolute Gasteiger partial charge is 0.396 e. The van der Waals surface area contributed by atoms with Gasteiger partial charge in [0.05, 0.1) is 19.5 Å². The lowest BCUT2D eigenvalue weighted by molar-refractivity contribution is -0.00824. The minimum atomic E-state index is -4.22. The number of unbranched alkanes of at least 4 members (excludes halogenated alkanes) is 15. The maximum Gasteiger partial charge on any atom is 0.472 e. The molecule has 2 aromatic heterocycles. The quantitative estimate of drug-likeness (QED) is 0.0853. The average molecular weight is 598 g/mol. The summed E-state index contributed by atoms with van der Waals surface area (Å²) in [6.07, 6.45) is 22.3. The summed E-state index contributed by atoms with van der Waals surface area (Å²) >= 11 is 0. The molecule has 0 spiro atoms. The molecular formula is C29H52N5O6P. The van der Waals surface area contributed by atoms with Crippen LogP contribution in [0.3, 0.4) is 0 Å². The van der Waals surface area contributed by atoms with Crippen LogP contribution in [0.5, 0.6) is 0 Å². The summed E-state index contributed by atoms with van der Waals surface area (Å²) in [5.74, 6) is -0.395. The van der Waals surface area contributed by atoms with Gasteiger partial charge in [0.25, 0.3) is 5.56 Å². The summed E-state index contributed by atoms with van der Waals surface area (Å²) in [6, 6.07) is -0.203. The van der Waals surface area contributed by atoms with E-state index < -0.39 is 13.4 Å². The SMILES string of the molecule is CCCCCCCCCCCCCCCCCCOP(=O)(O)OCC1C(CO)CC1n1cnc2c(=O)[nH]c(N)nc21. The fraction of sp³-hybridized carbons (Fsp3) is 0.828. The van der Waals surface area contributed by atoms with Gasteiger partial charge in [0.2, 0.25) is 5.95 Å². The first kappa shape index (κ1) is 33.7. The summed E-state index contributed by atoms with van der Waals surface area (Å²) in [7, 11) is -4.22. The van der Waals surface area contributed by atoms with Crippen molar-refractivity contribution in [3.05, 3.63) is 16.7 Å². The lowest BCUT2D eigenvalue weighted by Gasteiger charge is -2.44. The molecule has 1 fully saturated rings. The molecule has 12 heteroatoms. The fourth-order valence-electron chi connectivity index (χ4n) is 5.79. The monoisotopic (exact) mass is 597 g/mol. The number of hydrogen-bond acceptors (Lipinski definition) is 8. The predicted molar refractivity (Wildman–Crippen MR) is 162 cm³/mol. The van der Waals surface area contributed by atoms with Crippen LogP contribution in [0.15, 0.2) is 11.1 Å². The van der Waals surface area contributed by atoms with Crippen molar-refractivity contribution in [2.75, 3.05) is 25.6 Å². The first-order chi connectivity index (χ1) is 19.9. The molecular weight excluding hydrogens is 545 g/mol. The number of aliphatic hydroxyl groups excluding tert-OH is 1. The number of rotatable bonds is 23. The van der Waals surface area contributed by atoms with Crippen molar-refractivity contribution in [2.45, 2.75) is 122 Å². The minimum Gasteiger partial charge on any atom is -0.396 e. The van der Waals surface area contributed by atoms with E-state index in [1.54, 1.807) is 4.57 Å². The number of nitrogen functional groups attached to an aromatic ring is 1. The van der Waals surface area contributed by atoms with E-state index in [2.05, 4.69) is 21.9 Å². The lowest BCUT2D eigenvalue weighted by atomic mass is 9.70. The largest absolute Gasteiger partial charge is 0.472 e. The molecule has 1 aliphatic rings. The number of imidazole rings is 1. The Labute approximate surface area is 244 Å². The Kier molecular flexibility index (Phi) is 14.8. The molecule has 4 unspecified atom stereocenters. The van der Waals surface area contributed by atoms with E-state index >= 15 is 0 Å². The number of phosphoric acid groups is 1. The van der Waals surface area contributed by atoms with Crippen LogP contribution in [0.25, 0.3) is 11.2 Å². The average Bonchev–Trinajstić information content (AvgIpc) is 3.33. The third-order valence-corrected chi connectivity index (χ3v) is 9.35. The predicted octanol–water partition coefficient (Wildman–Crippen LogP) is 6.27. The zero-order valence-electron chi connectivity index (χ0n) is 24.8. The van der Waals surface area contributed by atoms with E-state index in [1.165, 1.54) is 89.8 Å². The fourth-order valence-corrected chi connectivity index (χ4v) is 6.58. The first-order valence-electron chi connectivity index (χ1n) is 15.8. The Morgan fingerprint density at radius 1 is 0.976 bits per heavy atom. The van der Waals surface area contributed by atoms with Crippen LogP contribution in [0.2, 0.25) is 0 Å². The third kappa shape index (κ3) is 11.1. The van der Waals surface area contributed by atoms with Gasteiger partial charge in [-0.1, -0.05) is 103 Å². The van der Waals surface area contributed by atoms with Gasteiger partial charge < -0.3 is 20.3 Å². The zero-order chi connectivity index (χ0) is 29.5. The van der Waals surface area contributed by atoms with Crippen molar-refractivity contribution in [2.24, 2.45) is 11.8 Å². The van der Waals surface area contributed by atoms with Gasteiger partial charge in [0.1, 0.15) is 0 Å². The summed E-state index contributed by atoms with van der Waals surface area (Å²) in [5.41, 5.74) is 5.77. The van der Waals surface area contributed by atoms with E-state index in [4.69, 9.17) is 14.8 Å². The lowest BCUT2D eigenvalue weighted by Crippen LogP contribution is -2.43. The Bertz CT molecular complexity index is 1120. The van der Waals surface area contributed by atoms with Gasteiger partial charge in [-0.15, -0.1) is 0 Å². The van der Waals surface area contributed by atoms with E-state index in [-0.39, 0.29) is 49.2 Å². The second-order valence-electron chi connectivity index (χ2n) is 11.6. The summed E-state index contributed by atoms with van der Waals surface area (Å²) in [5, 5.41) is 9.73. The molecule has 0 aromatic carbocycles. The molecule has 0 saturated heterocycles. The molecule has 0 amide bonds. The molecule has 0 aliphatic heterocycles. The Morgan fingerprint density at radius 3 is 2.10 bits per heavy atom. The van der Waals surface area contributed by atoms with Gasteiger partial charge in [0.15, 0.2) is 11.2 Å². The van der Waals surface area contributed by atoms with Gasteiger partial charge in [-0.05, 0) is 18.8 Å². The molecule has 2 heterocycles. The molecule has 234 valence electrons. The molecule has 1 saturated carbocycles. The number of H-pyrrole nitrogens is 1. The van der Waals surface area contributed by atoms with Crippen molar-refractivity contribution < 1.29 is 23.6 Å². The number of nitrogens with two attached hydrogens (primary N) is 1. The van der Waals surface area contributed by atoms with Gasteiger partial charge in [-0.3, -0.25) is 18.8 Å². The topological polar surface area (TPSA) is 166 Å². The zero-order valence-corrected chi connectivity index (χ0v) is 25.7. The van der Waals surface area contributed by atoms with Gasteiger partial charge in [-0.2, -0.15) is 4.98 Å². The third-order valence-electron chi connectivity index (χ3n) is 8.37. The number of anilines is 1. The van der Waals surface area contributed by atoms with Gasteiger partial charge in [-0.25, -0.2) is 9.55 Å². The molecule has 41 heavy (non-hydrogen) atoms. The highest BCUT2D eigenvalue weighted by molar-refractivity contribution is 7.47. The summed E-state index contributed by atoms with van der Waals surface area (Å²) < 4.78 is 24.7. The number of nitrogens with zero attached hydrogens (tertiary/aromatic N) is 3. The van der Waals surface area contributed by atoms with Crippen molar-refractivity contribution in [3.8, 4) is 0 Å². The molecule has 4 atom stereocenters. The van der Waals surface area contributed by atoms with E-state index in [0.717, 1.165) is 12.8 Å². The molecule has 5 N–H and O–H groups in total. The Balaban J connectivity index is 1.24. The van der Waals surface area contributed by atoms with Crippen molar-refractivity contribution in [1.82, 2.24) is 19.5 Å². The van der Waals surface area contributed by atoms with Crippen molar-refractivity contribution in [3.63, 3.8) is 0 Å². The highest BCUT2D eigenvalue weighted by atomic mass is 31.2. The maximum absolute atomic E-state index is 12.5. The number of hydrogen-bond donors (Lipinski definition) is 4. The number of fused-ring (bicyclic) bond motifs is 1. The highest BCUT2D eigenvalue weighted by Crippen LogP contribution is 2.50. The van der Waals surface area contributed by atoms with Crippen LogP contribution >= 0.6 is 7.82 Å². The second-order valence-corrected chi connectivity index (χ2v) is 13.0. The number of phosphoric ester groups is 1. The molecule has 0 bridgehead atoms. The first-order valence-corrected chi connectivity index (χ1v) is 17.3. The van der Waals surface area contributed by atoms with Gasteiger partial charge in [0, 0.05) is 18.6 Å². The highest BCUT2D eigenvalue weighted by Gasteiger charge is 2.44. The molecule has 3 rings (SSSR count). The normalized spacial score (nSPS) is 20.3. The number of aromatic amines is 1. The number of nitrogens with one attached hydrogen (secondary N) is 1. The Hall–Kier alpha value is -1.78. The summed E-state index contributed by atoms with van der Waals surface area (Å²) in [6.45, 7) is 2.28. The Morgan fingerprint density at radius 2 is 1.54 bits per heavy atom. The number of aliphatic hydroxyl groups is 1. The molecule has 0 radical (unpaired) electrons. The van der Waals surface area contributed by atoms with Crippen LogP contribution in [0.1, 0.15) is 122 Å². The van der Waals surface area contributed by atoms with E-state index in [0.29, 0.717) is 18.5 Å². The minimum absolute atomic E-state index is 0.0163. The van der Waals surface area contributed by atoms with Crippen LogP contribution in [0, 0.1) is 11.8 Å². The summed E-state index contributed by atoms with van der Waals surface area (Å²) in [4.78, 5) is 33.0. The van der Waals surface area contributed by atoms with Crippen LogP contribution in [-0.4, -0.2) is 49.3 Å². The van der Waals surface area contributed by atoms with Crippen molar-refractivity contribution in [1.29, 1.82) is 0 Å². The second kappa shape index (κ2) is 18.0. The van der Waals surface area contributed by atoms with Crippen LogP contribution in [0.4, 0.5) is 5.95 Å². The van der Waals surface area contributed by atoms with Crippen LogP contribution < -0.4 is 11.3 Å². The molecule has 2 aromatic rings. The number of aromatic nitrogens is 4. The maximum atomic E-state index is 12.5. The van der Waals surface area contributed by atoms with Gasteiger partial charge >= 0.3 is 7.82 Å². The molecule has 1 aliphatic carbocycles. The van der Waals surface area contributed by atoms with E-state index in [9.17, 15) is 19.4 Å². The molecule has 11 nitrogen and oxygen atoms in total. The van der Waals surface area contributed by atoms with E-state index in [1.807, 2.05) is 0 Å². The van der Waals surface area contributed by atoms with Crippen molar-refractivity contribution >= 4 is 24.9 Å².